The molecule has 0 aromatic heterocycles. The van der Waals surface area contributed by atoms with E-state index < -0.39 is 102 Å². The first-order valence-corrected chi connectivity index (χ1v) is 25.3. The number of halogens is 3. The second-order valence-corrected chi connectivity index (χ2v) is 22.8. The lowest BCUT2D eigenvalue weighted by molar-refractivity contribution is -0.119. The van der Waals surface area contributed by atoms with Gasteiger partial charge in [0, 0.05) is 59.2 Å². The number of nitrogens with zero attached hydrogens (tertiary/aromatic N) is 2. The minimum absolute atomic E-state index is 0.0662. The topological polar surface area (TPSA) is 233 Å². The van der Waals surface area contributed by atoms with E-state index in [1.807, 2.05) is 6.08 Å². The molecule has 3 heterocycles. The molecule has 3 aromatic rings. The Morgan fingerprint density at radius 3 is 1.97 bits per heavy atom. The third-order valence-electron chi connectivity index (χ3n) is 11.3. The molecule has 0 amide bonds. The Hall–Kier alpha value is -3.50. The first-order chi connectivity index (χ1) is 28.3. The van der Waals surface area contributed by atoms with E-state index in [0.29, 0.717) is 12.0 Å². The van der Waals surface area contributed by atoms with Gasteiger partial charge in [0.1, 0.15) is 18.6 Å². The molecular formula is C40H42Cl3N2O13S4+. The summed E-state index contributed by atoms with van der Waals surface area (Å²) in [5, 5.41) is 9.19. The number of hydrogen-bond acceptors (Lipinski definition) is 11. The zero-order valence-corrected chi connectivity index (χ0v) is 40.2. The standard InChI is InChI=1S/C40H41Cl3N2O13S4/c1-10-18-13-39(4,5)44(8)31-20(18)11-22-25(26-27(38(47)48)28(41)30(43)35(29(26)42)59-15-24(46)17(2)3)23-12-21-19(16-60(49,50)51)14-40(6,7)45(9)32(21)37(62(55,56)57)34(23)58-33(22)36(31)61(52,53)54/h11-14,17H,10,15-16H2,1-9H3,(H3-,47,48,49,50,51,52,53,54,55,56,57)/p+1. The summed E-state index contributed by atoms with van der Waals surface area (Å²) in [6.07, 6.45) is 3.61. The van der Waals surface area contributed by atoms with Crippen LogP contribution in [0, 0.1) is 5.92 Å². The SMILES string of the molecule is CCC1=CC(C)(C)[N+](C)=c2c1cc1c(c2S(=O)(=O)O)Oc2c(cc3c(c2S(=O)(=O)O)N(C)C(C)(C)C=C3CS(=O)(=O)O)C=1c1c(Cl)c(SCC(=O)C(C)C)c(Cl)c(Cl)c1C(=O)O. The van der Waals surface area contributed by atoms with Crippen molar-refractivity contribution in [2.24, 2.45) is 5.92 Å². The molecule has 15 nitrogen and oxygen atoms in total. The molecule has 62 heavy (non-hydrogen) atoms. The summed E-state index contributed by atoms with van der Waals surface area (Å²) >= 11 is 21.5. The van der Waals surface area contributed by atoms with Crippen molar-refractivity contribution >= 4 is 111 Å². The van der Waals surface area contributed by atoms with Crippen LogP contribution in [0.2, 0.25) is 15.1 Å². The molecule has 3 aliphatic heterocycles. The summed E-state index contributed by atoms with van der Waals surface area (Å²) in [6, 6.07) is 2.69. The van der Waals surface area contributed by atoms with E-state index in [0.717, 1.165) is 11.8 Å². The molecule has 0 saturated heterocycles. The van der Waals surface area contributed by atoms with Crippen LogP contribution in [0.5, 0.6) is 11.5 Å². The first kappa shape index (κ1) is 48.0. The number of aromatic carboxylic acids is 1. The minimum atomic E-state index is -5.53. The molecular weight excluding hydrogens is 951 g/mol. The van der Waals surface area contributed by atoms with Gasteiger partial charge in [-0.3, -0.25) is 18.5 Å². The third-order valence-corrected chi connectivity index (χ3v) is 16.3. The van der Waals surface area contributed by atoms with Crippen molar-refractivity contribution in [3.05, 3.63) is 77.7 Å². The fourth-order valence-corrected chi connectivity index (χ4v) is 12.5. The lowest BCUT2D eigenvalue weighted by Gasteiger charge is -2.42. The molecule has 4 N–H and O–H groups in total. The van der Waals surface area contributed by atoms with Gasteiger partial charge in [-0.2, -0.15) is 25.3 Å². The van der Waals surface area contributed by atoms with Gasteiger partial charge in [-0.05, 0) is 49.6 Å². The fraction of sp³-hybridized carbons (Fsp3) is 0.375. The van der Waals surface area contributed by atoms with Gasteiger partial charge in [-0.15, -0.1) is 11.8 Å². The summed E-state index contributed by atoms with van der Waals surface area (Å²) in [6.45, 7) is 11.8. The van der Waals surface area contributed by atoms with Crippen molar-refractivity contribution in [1.29, 1.82) is 0 Å². The largest absolute Gasteiger partial charge is 0.478 e. The Morgan fingerprint density at radius 1 is 0.855 bits per heavy atom. The van der Waals surface area contributed by atoms with E-state index in [2.05, 4.69) is 0 Å². The molecule has 0 bridgehead atoms. The van der Waals surface area contributed by atoms with Crippen molar-refractivity contribution in [1.82, 2.24) is 4.58 Å². The predicted octanol–water partition coefficient (Wildman–Crippen LogP) is 6.71. The number of carboxylic acid groups (broad SMARTS) is 1. The number of fused-ring (bicyclic) bond motifs is 4. The van der Waals surface area contributed by atoms with Crippen LogP contribution < -0.4 is 24.8 Å². The number of ketones is 1. The molecule has 3 aliphatic rings. The fourth-order valence-electron chi connectivity index (χ4n) is 7.88. The Balaban J connectivity index is 2.02. The smallest absolute Gasteiger partial charge is 0.337 e. The van der Waals surface area contributed by atoms with E-state index in [-0.39, 0.29) is 65.6 Å². The maximum absolute atomic E-state index is 13.9. The normalized spacial score (nSPS) is 16.8. The monoisotopic (exact) mass is 991 g/mol. The number of Topliss-reactive ketones (excluding diaryl/α,β-unsaturated/α-hetero) is 1. The molecule has 0 aliphatic carbocycles. The second kappa shape index (κ2) is 15.9. The summed E-state index contributed by atoms with van der Waals surface area (Å²) in [4.78, 5) is 25.7. The average molecular weight is 993 g/mol. The molecule has 0 saturated carbocycles. The highest BCUT2D eigenvalue weighted by Crippen LogP contribution is 2.55. The quantitative estimate of drug-likeness (QED) is 0.0529. The molecule has 0 radical (unpaired) electrons. The van der Waals surface area contributed by atoms with Gasteiger partial charge in [0.2, 0.25) is 10.3 Å². The van der Waals surface area contributed by atoms with Gasteiger partial charge in [0.25, 0.3) is 20.2 Å². The van der Waals surface area contributed by atoms with Crippen molar-refractivity contribution in [3.8, 4) is 11.5 Å². The van der Waals surface area contributed by atoms with E-state index in [4.69, 9.17) is 39.5 Å². The highest BCUT2D eigenvalue weighted by atomic mass is 35.5. The van der Waals surface area contributed by atoms with Gasteiger partial charge in [0.05, 0.1) is 43.2 Å². The van der Waals surface area contributed by atoms with Crippen molar-refractivity contribution in [2.45, 2.75) is 80.7 Å². The number of likely N-dealkylation sites (N-methyl/N-ethyl adjacent to an activating group) is 2. The van der Waals surface area contributed by atoms with Crippen molar-refractivity contribution in [2.75, 3.05) is 30.5 Å². The van der Waals surface area contributed by atoms with Gasteiger partial charge in [-0.1, -0.05) is 61.7 Å². The van der Waals surface area contributed by atoms with Crippen LogP contribution in [0.15, 0.2) is 39.0 Å². The van der Waals surface area contributed by atoms with Crippen molar-refractivity contribution < 1.29 is 58.3 Å². The summed E-state index contributed by atoms with van der Waals surface area (Å²) < 4.78 is 121. The molecule has 22 heteroatoms. The number of ether oxygens (including phenoxy) is 1. The van der Waals surface area contributed by atoms with Gasteiger partial charge in [0.15, 0.2) is 21.9 Å². The number of carbonyl (C=O) groups is 2. The lowest BCUT2D eigenvalue weighted by Crippen LogP contribution is -2.49. The molecule has 6 rings (SSSR count). The van der Waals surface area contributed by atoms with Crippen LogP contribution in [0.1, 0.15) is 87.5 Å². The second-order valence-electron chi connectivity index (χ2n) is 16.5. The predicted molar refractivity (Wildman–Crippen MR) is 239 cm³/mol. The van der Waals surface area contributed by atoms with Crippen molar-refractivity contribution in [3.63, 3.8) is 0 Å². The summed E-state index contributed by atoms with van der Waals surface area (Å²) in [7, 11) is -12.8. The van der Waals surface area contributed by atoms with Crippen LogP contribution in [-0.4, -0.2) is 92.4 Å². The van der Waals surface area contributed by atoms with E-state index in [9.17, 15) is 53.6 Å². The summed E-state index contributed by atoms with van der Waals surface area (Å²) in [5.41, 5.74) is -3.95. The number of carboxylic acids is 1. The molecule has 3 aromatic carbocycles. The number of anilines is 1. The molecule has 334 valence electrons. The average Bonchev–Trinajstić information content (AvgIpc) is 3.12. The maximum Gasteiger partial charge on any atom is 0.337 e. The number of rotatable bonds is 11. The summed E-state index contributed by atoms with van der Waals surface area (Å²) in [5.74, 6) is -5.15. The number of allylic oxidation sites excluding steroid dienone is 1. The van der Waals surface area contributed by atoms with Gasteiger partial charge in [-0.25, -0.2) is 9.37 Å². The molecule has 0 spiro atoms. The minimum Gasteiger partial charge on any atom is -0.478 e. The molecule has 0 atom stereocenters. The Morgan fingerprint density at radius 2 is 1.45 bits per heavy atom. The molecule has 0 unspecified atom stereocenters. The van der Waals surface area contributed by atoms with Crippen LogP contribution in [0.4, 0.5) is 5.69 Å². The highest BCUT2D eigenvalue weighted by Gasteiger charge is 2.45. The van der Waals surface area contributed by atoms with Crippen LogP contribution >= 0.6 is 46.6 Å². The zero-order valence-electron chi connectivity index (χ0n) is 34.6. The highest BCUT2D eigenvalue weighted by molar-refractivity contribution is 8.00. The van der Waals surface area contributed by atoms with Gasteiger partial charge >= 0.3 is 16.1 Å². The van der Waals surface area contributed by atoms with Gasteiger partial charge < -0.3 is 14.7 Å². The van der Waals surface area contributed by atoms with Crippen LogP contribution in [-0.2, 0) is 35.1 Å². The number of carbonyl (C=O) groups excluding carboxylic acids is 1. The Labute approximate surface area is 378 Å². The first-order valence-electron chi connectivity index (χ1n) is 18.7. The Bertz CT molecular complexity index is 3120. The lowest BCUT2D eigenvalue weighted by atomic mass is 9.83. The molecule has 0 fully saturated rings. The van der Waals surface area contributed by atoms with E-state index in [1.165, 1.54) is 30.2 Å². The van der Waals surface area contributed by atoms with E-state index in [1.54, 1.807) is 60.1 Å². The Kier molecular flexibility index (Phi) is 12.3. The third kappa shape index (κ3) is 8.11. The zero-order chi connectivity index (χ0) is 46.7. The number of benzene rings is 3. The number of thioether (sulfide) groups is 1. The maximum atomic E-state index is 13.9. The van der Waals surface area contributed by atoms with Crippen LogP contribution in [0.3, 0.4) is 0 Å². The van der Waals surface area contributed by atoms with Crippen LogP contribution in [0.25, 0.3) is 16.7 Å². The number of hydrogen-bond donors (Lipinski definition) is 4. The van der Waals surface area contributed by atoms with E-state index >= 15 is 0 Å².